The van der Waals surface area contributed by atoms with Crippen molar-refractivity contribution in [3.8, 4) is 28.7 Å². The topological polar surface area (TPSA) is 9.23 Å². The molecule has 0 N–H and O–H groups in total. The molecule has 30 heavy (non-hydrogen) atoms. The van der Waals surface area contributed by atoms with Crippen molar-refractivity contribution in [1.29, 1.82) is 0 Å². The van der Waals surface area contributed by atoms with Crippen LogP contribution >= 0.6 is 0 Å². The van der Waals surface area contributed by atoms with Gasteiger partial charge in [0, 0.05) is 16.7 Å². The van der Waals surface area contributed by atoms with Crippen molar-refractivity contribution < 1.29 is 22.3 Å². The first kappa shape index (κ1) is 21.2. The van der Waals surface area contributed by atoms with Gasteiger partial charge in [0.25, 0.3) is 0 Å². The van der Waals surface area contributed by atoms with Crippen LogP contribution in [0.25, 0.3) is 17.2 Å². The van der Waals surface area contributed by atoms with Crippen LogP contribution in [-0.2, 0) is 0 Å². The Labute approximate surface area is 172 Å². The van der Waals surface area contributed by atoms with Gasteiger partial charge in [0.15, 0.2) is 23.2 Å². The SMILES string of the molecule is C/C=C/c1ccc(C#Cc2ccc(-c3ccc(OCC)c(F)c3F)cc2)c(F)c1F. The number of ether oxygens (including phenoxy) is 1. The van der Waals surface area contributed by atoms with Crippen molar-refractivity contribution in [2.45, 2.75) is 13.8 Å². The van der Waals surface area contributed by atoms with Crippen LogP contribution in [0.2, 0.25) is 0 Å². The lowest BCUT2D eigenvalue weighted by Crippen LogP contribution is -1.98. The van der Waals surface area contributed by atoms with Crippen molar-refractivity contribution in [1.82, 2.24) is 0 Å². The fraction of sp³-hybridized carbons (Fsp3) is 0.120. The van der Waals surface area contributed by atoms with E-state index in [4.69, 9.17) is 4.74 Å². The van der Waals surface area contributed by atoms with Gasteiger partial charge in [-0.25, -0.2) is 13.2 Å². The highest BCUT2D eigenvalue weighted by atomic mass is 19.2. The molecule has 0 fully saturated rings. The largest absolute Gasteiger partial charge is 0.491 e. The second-order valence-corrected chi connectivity index (χ2v) is 6.33. The highest BCUT2D eigenvalue weighted by Gasteiger charge is 2.15. The van der Waals surface area contributed by atoms with Gasteiger partial charge in [-0.15, -0.1) is 0 Å². The summed E-state index contributed by atoms with van der Waals surface area (Å²) in [5.41, 5.74) is 1.14. The number of allylic oxidation sites excluding steroid dienone is 1. The number of hydrogen-bond acceptors (Lipinski definition) is 1. The van der Waals surface area contributed by atoms with Gasteiger partial charge in [0.1, 0.15) is 0 Å². The molecule has 0 heterocycles. The van der Waals surface area contributed by atoms with E-state index in [-0.39, 0.29) is 29.0 Å². The molecule has 0 spiro atoms. The van der Waals surface area contributed by atoms with Crippen molar-refractivity contribution in [3.63, 3.8) is 0 Å². The van der Waals surface area contributed by atoms with Crippen LogP contribution in [0.5, 0.6) is 5.75 Å². The molecule has 3 rings (SSSR count). The monoisotopic (exact) mass is 410 g/mol. The first-order valence-corrected chi connectivity index (χ1v) is 9.30. The highest BCUT2D eigenvalue weighted by Crippen LogP contribution is 2.30. The van der Waals surface area contributed by atoms with Crippen LogP contribution in [-0.4, -0.2) is 6.61 Å². The van der Waals surface area contributed by atoms with E-state index in [0.717, 1.165) is 0 Å². The Morgan fingerprint density at radius 3 is 2.20 bits per heavy atom. The van der Waals surface area contributed by atoms with Gasteiger partial charge in [-0.3, -0.25) is 0 Å². The van der Waals surface area contributed by atoms with E-state index in [2.05, 4.69) is 11.8 Å². The lowest BCUT2D eigenvalue weighted by Gasteiger charge is -2.09. The fourth-order valence-corrected chi connectivity index (χ4v) is 2.86. The third-order valence-electron chi connectivity index (χ3n) is 4.34. The zero-order chi connectivity index (χ0) is 21.7. The van der Waals surface area contributed by atoms with E-state index < -0.39 is 23.3 Å². The van der Waals surface area contributed by atoms with E-state index in [9.17, 15) is 17.6 Å². The summed E-state index contributed by atoms with van der Waals surface area (Å²) in [5, 5.41) is 0. The predicted molar refractivity (Wildman–Crippen MR) is 110 cm³/mol. The van der Waals surface area contributed by atoms with Crippen molar-refractivity contribution in [2.24, 2.45) is 0 Å². The Bertz CT molecular complexity index is 1150. The molecule has 0 bridgehead atoms. The summed E-state index contributed by atoms with van der Waals surface area (Å²) in [4.78, 5) is 0. The molecular weight excluding hydrogens is 392 g/mol. The smallest absolute Gasteiger partial charge is 0.201 e. The van der Waals surface area contributed by atoms with E-state index in [1.807, 2.05) is 0 Å². The van der Waals surface area contributed by atoms with Crippen molar-refractivity contribution >= 4 is 6.08 Å². The summed E-state index contributed by atoms with van der Waals surface area (Å²) >= 11 is 0. The average Bonchev–Trinajstić information content (AvgIpc) is 2.75. The maximum atomic E-state index is 14.3. The van der Waals surface area contributed by atoms with Crippen LogP contribution < -0.4 is 4.74 Å². The van der Waals surface area contributed by atoms with Crippen LogP contribution in [0, 0.1) is 35.1 Å². The van der Waals surface area contributed by atoms with Gasteiger partial charge < -0.3 is 4.74 Å². The Kier molecular flexibility index (Phi) is 6.58. The molecule has 0 saturated heterocycles. The molecule has 5 heteroatoms. The standard InChI is InChI=1S/C25H18F4O/c1-3-5-18-12-13-19(23(27)22(18)26)11-8-16-6-9-17(10-7-16)20-14-15-21(30-4-2)25(29)24(20)28/h3,5-7,9-10,12-15H,4H2,1-2H3/b5-3+. The molecule has 3 aromatic carbocycles. The Hall–Kier alpha value is -3.52. The zero-order valence-corrected chi connectivity index (χ0v) is 16.4. The molecule has 0 atom stereocenters. The second kappa shape index (κ2) is 9.32. The van der Waals surface area contributed by atoms with E-state index in [0.29, 0.717) is 11.1 Å². The van der Waals surface area contributed by atoms with Crippen LogP contribution in [0.4, 0.5) is 17.6 Å². The van der Waals surface area contributed by atoms with E-state index in [1.54, 1.807) is 44.2 Å². The lowest BCUT2D eigenvalue weighted by atomic mass is 10.0. The van der Waals surface area contributed by atoms with Gasteiger partial charge >= 0.3 is 0 Å². The summed E-state index contributed by atoms with van der Waals surface area (Å²) in [6, 6.07) is 12.0. The molecule has 0 aliphatic carbocycles. The van der Waals surface area contributed by atoms with Gasteiger partial charge in [-0.05, 0) is 49.7 Å². The Morgan fingerprint density at radius 2 is 1.53 bits per heavy atom. The van der Waals surface area contributed by atoms with Gasteiger partial charge in [-0.1, -0.05) is 42.2 Å². The normalized spacial score (nSPS) is 10.7. The van der Waals surface area contributed by atoms with Gasteiger partial charge in [0.05, 0.1) is 12.2 Å². The molecule has 0 amide bonds. The summed E-state index contributed by atoms with van der Waals surface area (Å²) in [7, 11) is 0. The minimum absolute atomic E-state index is 0.0653. The number of hydrogen-bond donors (Lipinski definition) is 0. The number of benzene rings is 3. The lowest BCUT2D eigenvalue weighted by molar-refractivity contribution is 0.314. The fourth-order valence-electron chi connectivity index (χ4n) is 2.86. The summed E-state index contributed by atoms with van der Waals surface area (Å²) in [5.74, 6) is 1.19. The Balaban J connectivity index is 1.87. The maximum absolute atomic E-state index is 14.3. The van der Waals surface area contributed by atoms with Crippen molar-refractivity contribution in [2.75, 3.05) is 6.61 Å². The average molecular weight is 410 g/mol. The predicted octanol–water partition coefficient (Wildman–Crippen LogP) is 6.74. The maximum Gasteiger partial charge on any atom is 0.201 e. The molecular formula is C25H18F4O. The molecule has 1 nitrogen and oxygen atoms in total. The van der Waals surface area contributed by atoms with Crippen LogP contribution in [0.1, 0.15) is 30.5 Å². The first-order valence-electron chi connectivity index (χ1n) is 9.30. The van der Waals surface area contributed by atoms with Gasteiger partial charge in [-0.2, -0.15) is 4.39 Å². The summed E-state index contributed by atoms with van der Waals surface area (Å²) < 4.78 is 61.6. The zero-order valence-electron chi connectivity index (χ0n) is 16.4. The van der Waals surface area contributed by atoms with E-state index >= 15 is 0 Å². The molecule has 0 aromatic heterocycles. The van der Waals surface area contributed by atoms with Crippen molar-refractivity contribution in [3.05, 3.63) is 94.6 Å². The van der Waals surface area contributed by atoms with Gasteiger partial charge in [0.2, 0.25) is 5.82 Å². The number of halogens is 4. The molecule has 152 valence electrons. The minimum Gasteiger partial charge on any atom is -0.491 e. The molecule has 0 radical (unpaired) electrons. The summed E-state index contributed by atoms with van der Waals surface area (Å²) in [6.07, 6.45) is 3.08. The first-order chi connectivity index (χ1) is 14.5. The molecule has 0 aliphatic heterocycles. The Morgan fingerprint density at radius 1 is 0.800 bits per heavy atom. The minimum atomic E-state index is -1.04. The quantitative estimate of drug-likeness (QED) is 0.342. The summed E-state index contributed by atoms with van der Waals surface area (Å²) in [6.45, 7) is 3.62. The molecule has 3 aromatic rings. The third kappa shape index (κ3) is 4.38. The van der Waals surface area contributed by atoms with Crippen LogP contribution in [0.3, 0.4) is 0 Å². The molecule has 0 aliphatic rings. The number of rotatable bonds is 4. The highest BCUT2D eigenvalue weighted by molar-refractivity contribution is 5.66. The second-order valence-electron chi connectivity index (χ2n) is 6.33. The molecule has 0 saturated carbocycles. The van der Waals surface area contributed by atoms with Crippen LogP contribution in [0.15, 0.2) is 54.6 Å². The third-order valence-corrected chi connectivity index (χ3v) is 4.34. The van der Waals surface area contributed by atoms with E-state index in [1.165, 1.54) is 30.3 Å². The molecule has 0 unspecified atom stereocenters.